The highest BCUT2D eigenvalue weighted by Gasteiger charge is 2.61. The minimum atomic E-state index is -1.12. The van der Waals surface area contributed by atoms with Gasteiger partial charge in [-0.3, -0.25) is 10.1 Å². The summed E-state index contributed by atoms with van der Waals surface area (Å²) in [6.45, 7) is 9.58. The van der Waals surface area contributed by atoms with Gasteiger partial charge in [0.2, 0.25) is 0 Å². The van der Waals surface area contributed by atoms with Gasteiger partial charge in [-0.15, -0.1) is 0 Å². The third-order valence-corrected chi connectivity index (χ3v) is 6.02. The molecule has 6 heteroatoms. The molecule has 0 saturated heterocycles. The maximum atomic E-state index is 11.3. The molecule has 6 nitrogen and oxygen atoms in total. The first-order valence-electron chi connectivity index (χ1n) is 7.82. The molecular formula is C17H24O6. The molecule has 0 aromatic heterocycles. The first kappa shape index (κ1) is 17.7. The van der Waals surface area contributed by atoms with Crippen molar-refractivity contribution in [3.05, 3.63) is 24.3 Å². The molecule has 0 radical (unpaired) electrons. The van der Waals surface area contributed by atoms with Crippen molar-refractivity contribution in [1.82, 2.24) is 0 Å². The van der Waals surface area contributed by atoms with Crippen LogP contribution in [-0.2, 0) is 14.5 Å². The molecule has 0 heterocycles. The maximum absolute atomic E-state index is 11.3. The van der Waals surface area contributed by atoms with Crippen molar-refractivity contribution in [2.75, 3.05) is 0 Å². The van der Waals surface area contributed by atoms with Crippen LogP contribution in [0.25, 0.3) is 0 Å². The zero-order chi connectivity index (χ0) is 17.4. The number of aliphatic carboxylic acids is 2. The number of carbonyl (C=O) groups is 2. The van der Waals surface area contributed by atoms with Crippen molar-refractivity contribution in [2.45, 2.75) is 51.0 Å². The van der Waals surface area contributed by atoms with Crippen molar-refractivity contribution in [3.8, 4) is 0 Å². The second-order valence-electron chi connectivity index (χ2n) is 7.05. The van der Waals surface area contributed by atoms with Gasteiger partial charge in [-0.25, -0.2) is 9.68 Å². The summed E-state index contributed by atoms with van der Waals surface area (Å²) in [5.41, 5.74) is -0.985. The van der Waals surface area contributed by atoms with Crippen LogP contribution in [0.5, 0.6) is 0 Å². The van der Waals surface area contributed by atoms with E-state index in [1.807, 2.05) is 6.92 Å². The Hall–Kier alpha value is -1.66. The molecule has 0 aromatic carbocycles. The van der Waals surface area contributed by atoms with Crippen LogP contribution in [-0.4, -0.2) is 33.0 Å². The molecule has 0 amide bonds. The SMILES string of the molecule is C=C(C(=O)O)[C@@H]1C[C@H](CC(=O)O)[C@@]2(C)CCCC(=C)[C@]2(OO)C1. The van der Waals surface area contributed by atoms with Gasteiger partial charge in [-0.05, 0) is 49.5 Å². The number of hydrogen-bond acceptors (Lipinski definition) is 4. The van der Waals surface area contributed by atoms with E-state index in [2.05, 4.69) is 13.2 Å². The summed E-state index contributed by atoms with van der Waals surface area (Å²) in [6, 6.07) is 0. The molecule has 4 atom stereocenters. The van der Waals surface area contributed by atoms with E-state index in [0.717, 1.165) is 6.42 Å². The number of hydrogen-bond donors (Lipinski definition) is 3. The molecule has 2 aliphatic carbocycles. The molecular weight excluding hydrogens is 300 g/mol. The van der Waals surface area contributed by atoms with E-state index >= 15 is 0 Å². The van der Waals surface area contributed by atoms with Crippen LogP contribution >= 0.6 is 0 Å². The van der Waals surface area contributed by atoms with E-state index in [-0.39, 0.29) is 24.3 Å². The van der Waals surface area contributed by atoms with Crippen molar-refractivity contribution in [1.29, 1.82) is 0 Å². The Morgan fingerprint density at radius 2 is 2.04 bits per heavy atom. The highest BCUT2D eigenvalue weighted by molar-refractivity contribution is 5.86. The lowest BCUT2D eigenvalue weighted by Crippen LogP contribution is -2.60. The summed E-state index contributed by atoms with van der Waals surface area (Å²) in [6.07, 6.45) is 2.80. The minimum Gasteiger partial charge on any atom is -0.481 e. The van der Waals surface area contributed by atoms with Crippen molar-refractivity contribution in [2.24, 2.45) is 17.3 Å². The smallest absolute Gasteiger partial charge is 0.331 e. The van der Waals surface area contributed by atoms with Crippen molar-refractivity contribution < 1.29 is 29.9 Å². The largest absolute Gasteiger partial charge is 0.481 e. The fourth-order valence-electron chi connectivity index (χ4n) is 4.59. The van der Waals surface area contributed by atoms with Gasteiger partial charge in [-0.2, -0.15) is 0 Å². The summed E-state index contributed by atoms with van der Waals surface area (Å²) in [5.74, 6) is -2.82. The Kier molecular flexibility index (Phi) is 4.69. The zero-order valence-corrected chi connectivity index (χ0v) is 13.4. The molecule has 128 valence electrons. The fourth-order valence-corrected chi connectivity index (χ4v) is 4.59. The molecule has 2 saturated carbocycles. The maximum Gasteiger partial charge on any atom is 0.331 e. The van der Waals surface area contributed by atoms with Gasteiger partial charge in [0.1, 0.15) is 5.60 Å². The second-order valence-corrected chi connectivity index (χ2v) is 7.05. The van der Waals surface area contributed by atoms with E-state index in [9.17, 15) is 25.1 Å². The van der Waals surface area contributed by atoms with Crippen LogP contribution in [0.3, 0.4) is 0 Å². The van der Waals surface area contributed by atoms with E-state index in [1.54, 1.807) is 0 Å². The van der Waals surface area contributed by atoms with Crippen LogP contribution in [0.2, 0.25) is 0 Å². The van der Waals surface area contributed by atoms with Gasteiger partial charge in [0.15, 0.2) is 0 Å². The molecule has 0 bridgehead atoms. The lowest BCUT2D eigenvalue weighted by molar-refractivity contribution is -0.361. The average Bonchev–Trinajstić information content (AvgIpc) is 2.47. The normalized spacial score (nSPS) is 37.0. The molecule has 0 aliphatic heterocycles. The van der Waals surface area contributed by atoms with Gasteiger partial charge in [0, 0.05) is 17.4 Å². The summed E-state index contributed by atoms with van der Waals surface area (Å²) < 4.78 is 0. The second kappa shape index (κ2) is 6.09. The molecule has 0 aromatic rings. The Morgan fingerprint density at radius 1 is 1.39 bits per heavy atom. The van der Waals surface area contributed by atoms with E-state index in [1.165, 1.54) is 0 Å². The van der Waals surface area contributed by atoms with Gasteiger partial charge >= 0.3 is 11.9 Å². The highest BCUT2D eigenvalue weighted by atomic mass is 17.1. The van der Waals surface area contributed by atoms with Crippen LogP contribution in [0.4, 0.5) is 0 Å². The molecule has 0 unspecified atom stereocenters. The Bertz CT molecular complexity index is 553. The fraction of sp³-hybridized carbons (Fsp3) is 0.647. The molecule has 2 aliphatic rings. The number of carboxylic acids is 2. The third-order valence-electron chi connectivity index (χ3n) is 6.02. The minimum absolute atomic E-state index is 0.0252. The molecule has 0 spiro atoms. The van der Waals surface area contributed by atoms with Gasteiger partial charge < -0.3 is 10.2 Å². The third kappa shape index (κ3) is 2.70. The predicted octanol–water partition coefficient (Wildman–Crippen LogP) is 3.10. The Morgan fingerprint density at radius 3 is 2.57 bits per heavy atom. The molecule has 2 rings (SSSR count). The van der Waals surface area contributed by atoms with Gasteiger partial charge in [-0.1, -0.05) is 20.1 Å². The quantitative estimate of drug-likeness (QED) is 0.311. The van der Waals surface area contributed by atoms with Crippen molar-refractivity contribution in [3.63, 3.8) is 0 Å². The topological polar surface area (TPSA) is 104 Å². The first-order chi connectivity index (χ1) is 10.7. The molecule has 3 N–H and O–H groups in total. The van der Waals surface area contributed by atoms with Gasteiger partial charge in [0.05, 0.1) is 0 Å². The lowest BCUT2D eigenvalue weighted by atomic mass is 9.48. The summed E-state index contributed by atoms with van der Waals surface area (Å²) in [5, 5.41) is 28.2. The van der Waals surface area contributed by atoms with Gasteiger partial charge in [0.25, 0.3) is 0 Å². The Balaban J connectivity index is 2.49. The van der Waals surface area contributed by atoms with Crippen LogP contribution < -0.4 is 0 Å². The van der Waals surface area contributed by atoms with Crippen LogP contribution in [0.15, 0.2) is 24.3 Å². The first-order valence-corrected chi connectivity index (χ1v) is 7.82. The number of rotatable bonds is 5. The monoisotopic (exact) mass is 324 g/mol. The predicted molar refractivity (Wildman–Crippen MR) is 82.8 cm³/mol. The summed E-state index contributed by atoms with van der Waals surface area (Å²) >= 11 is 0. The lowest BCUT2D eigenvalue weighted by Gasteiger charge is -2.59. The standard InChI is InChI=1S/C17H24O6/c1-10-5-4-6-16(3)13(8-14(18)19)7-12(11(2)15(20)21)9-17(10,16)23-22/h12-13,22H,1-2,4-9H2,3H3,(H,18,19)(H,20,21)/t12-,13-,16-,17-/m1/s1. The van der Waals surface area contributed by atoms with E-state index < -0.39 is 28.9 Å². The Labute approximate surface area is 135 Å². The van der Waals surface area contributed by atoms with E-state index in [4.69, 9.17) is 4.89 Å². The number of fused-ring (bicyclic) bond motifs is 1. The molecule has 23 heavy (non-hydrogen) atoms. The van der Waals surface area contributed by atoms with E-state index in [0.29, 0.717) is 24.8 Å². The van der Waals surface area contributed by atoms with Crippen molar-refractivity contribution >= 4 is 11.9 Å². The van der Waals surface area contributed by atoms with Crippen LogP contribution in [0, 0.1) is 17.3 Å². The summed E-state index contributed by atoms with van der Waals surface area (Å²) in [4.78, 5) is 27.5. The molecule has 2 fully saturated rings. The number of carboxylic acid groups (broad SMARTS) is 2. The average molecular weight is 324 g/mol. The zero-order valence-electron chi connectivity index (χ0n) is 13.4. The van der Waals surface area contributed by atoms with Crippen LogP contribution in [0.1, 0.15) is 45.4 Å². The highest BCUT2D eigenvalue weighted by Crippen LogP contribution is 2.61. The summed E-state index contributed by atoms with van der Waals surface area (Å²) in [7, 11) is 0.